The number of likely N-dealkylation sites (tertiary alicyclic amines) is 1. The van der Waals surface area contributed by atoms with E-state index in [1.165, 1.54) is 4.90 Å². The summed E-state index contributed by atoms with van der Waals surface area (Å²) in [7, 11) is 0. The standard InChI is InChI=1S/C14H13F4NO2/c1-8-7-19(5-4-12(8)20)13(21)10-6-9(14(16,17)18)2-3-11(10)15/h2-3,6,8H,4-5,7H2,1H3. The maximum Gasteiger partial charge on any atom is 0.416 e. The smallest absolute Gasteiger partial charge is 0.337 e. The van der Waals surface area contributed by atoms with Crippen LogP contribution in [0.25, 0.3) is 0 Å². The lowest BCUT2D eigenvalue weighted by Crippen LogP contribution is -2.43. The number of benzene rings is 1. The molecule has 0 aromatic heterocycles. The zero-order valence-corrected chi connectivity index (χ0v) is 11.2. The van der Waals surface area contributed by atoms with Crippen LogP contribution in [0.5, 0.6) is 0 Å². The minimum Gasteiger partial charge on any atom is -0.337 e. The molecule has 0 N–H and O–H groups in total. The van der Waals surface area contributed by atoms with Gasteiger partial charge in [0.15, 0.2) is 0 Å². The Morgan fingerprint density at radius 1 is 1.33 bits per heavy atom. The molecule has 0 saturated carbocycles. The maximum atomic E-state index is 13.7. The number of amides is 1. The molecule has 21 heavy (non-hydrogen) atoms. The quantitative estimate of drug-likeness (QED) is 0.748. The van der Waals surface area contributed by atoms with Crippen LogP contribution in [0, 0.1) is 11.7 Å². The predicted molar refractivity (Wildman–Crippen MR) is 66.1 cm³/mol. The van der Waals surface area contributed by atoms with Crippen molar-refractivity contribution in [2.75, 3.05) is 13.1 Å². The minimum absolute atomic E-state index is 0.0106. The van der Waals surface area contributed by atoms with E-state index in [1.807, 2.05) is 0 Å². The minimum atomic E-state index is -4.64. The number of Topliss-reactive ketones (excluding diaryl/α,β-unsaturated/α-hetero) is 1. The van der Waals surface area contributed by atoms with Gasteiger partial charge in [-0.2, -0.15) is 13.2 Å². The highest BCUT2D eigenvalue weighted by molar-refractivity contribution is 5.96. The Hall–Kier alpha value is -1.92. The topological polar surface area (TPSA) is 37.4 Å². The number of carbonyl (C=O) groups is 2. The van der Waals surface area contributed by atoms with Gasteiger partial charge in [0.05, 0.1) is 11.1 Å². The number of carbonyl (C=O) groups excluding carboxylic acids is 2. The van der Waals surface area contributed by atoms with Crippen molar-refractivity contribution in [3.05, 3.63) is 35.1 Å². The summed E-state index contributed by atoms with van der Waals surface area (Å²) in [4.78, 5) is 24.8. The summed E-state index contributed by atoms with van der Waals surface area (Å²) in [5.74, 6) is -2.23. The molecule has 0 spiro atoms. The lowest BCUT2D eigenvalue weighted by atomic mass is 9.97. The Morgan fingerprint density at radius 3 is 2.57 bits per heavy atom. The molecule has 0 aliphatic carbocycles. The number of rotatable bonds is 1. The molecule has 7 heteroatoms. The molecule has 1 unspecified atom stereocenters. The van der Waals surface area contributed by atoms with Gasteiger partial charge < -0.3 is 4.90 Å². The summed E-state index contributed by atoms with van der Waals surface area (Å²) >= 11 is 0. The van der Waals surface area contributed by atoms with Crippen LogP contribution in [0.15, 0.2) is 18.2 Å². The second-order valence-electron chi connectivity index (χ2n) is 5.06. The normalized spacial score (nSPS) is 19.8. The molecular weight excluding hydrogens is 290 g/mol. The number of alkyl halides is 3. The van der Waals surface area contributed by atoms with Crippen molar-refractivity contribution >= 4 is 11.7 Å². The van der Waals surface area contributed by atoms with Gasteiger partial charge in [-0.1, -0.05) is 6.92 Å². The lowest BCUT2D eigenvalue weighted by Gasteiger charge is -2.30. The maximum absolute atomic E-state index is 13.7. The highest BCUT2D eigenvalue weighted by Gasteiger charge is 2.33. The van der Waals surface area contributed by atoms with Crippen molar-refractivity contribution in [3.8, 4) is 0 Å². The Morgan fingerprint density at radius 2 is 2.00 bits per heavy atom. The third kappa shape index (κ3) is 3.22. The van der Waals surface area contributed by atoms with Gasteiger partial charge in [0, 0.05) is 25.4 Å². The summed E-state index contributed by atoms with van der Waals surface area (Å²) in [5, 5.41) is 0. The van der Waals surface area contributed by atoms with E-state index >= 15 is 0 Å². The zero-order chi connectivity index (χ0) is 15.8. The molecule has 3 nitrogen and oxygen atoms in total. The molecule has 1 fully saturated rings. The number of halogens is 4. The van der Waals surface area contributed by atoms with E-state index < -0.39 is 34.9 Å². The lowest BCUT2D eigenvalue weighted by molar-refractivity contribution is -0.137. The molecule has 2 rings (SSSR count). The van der Waals surface area contributed by atoms with E-state index in [2.05, 4.69) is 0 Å². The van der Waals surface area contributed by atoms with E-state index in [9.17, 15) is 27.2 Å². The van der Waals surface area contributed by atoms with Crippen molar-refractivity contribution in [2.24, 2.45) is 5.92 Å². The number of piperidine rings is 1. The average molecular weight is 303 g/mol. The summed E-state index contributed by atoms with van der Waals surface area (Å²) in [6.07, 6.45) is -4.51. The Labute approximate surface area is 118 Å². The zero-order valence-electron chi connectivity index (χ0n) is 11.2. The number of nitrogens with zero attached hydrogens (tertiary/aromatic N) is 1. The van der Waals surface area contributed by atoms with Gasteiger partial charge in [0.1, 0.15) is 11.6 Å². The molecular formula is C14H13F4NO2. The molecule has 114 valence electrons. The van der Waals surface area contributed by atoms with Crippen LogP contribution in [0.4, 0.5) is 17.6 Å². The van der Waals surface area contributed by atoms with Crippen LogP contribution in [-0.2, 0) is 11.0 Å². The van der Waals surface area contributed by atoms with Gasteiger partial charge in [-0.05, 0) is 18.2 Å². The fourth-order valence-electron chi connectivity index (χ4n) is 2.24. The van der Waals surface area contributed by atoms with Gasteiger partial charge in [0.2, 0.25) is 0 Å². The summed E-state index contributed by atoms with van der Waals surface area (Å²) in [5.41, 5.74) is -1.69. The first-order chi connectivity index (χ1) is 9.70. The Bertz CT molecular complexity index is 583. The largest absolute Gasteiger partial charge is 0.416 e. The van der Waals surface area contributed by atoms with Crippen LogP contribution in [0.1, 0.15) is 29.3 Å². The third-order valence-corrected chi connectivity index (χ3v) is 3.48. The third-order valence-electron chi connectivity index (χ3n) is 3.48. The molecule has 0 radical (unpaired) electrons. The van der Waals surface area contributed by atoms with Crippen LogP contribution >= 0.6 is 0 Å². The molecule has 1 aliphatic heterocycles. The summed E-state index contributed by atoms with van der Waals surface area (Å²) in [6.45, 7) is 1.81. The van der Waals surface area contributed by atoms with E-state index in [0.29, 0.717) is 18.2 Å². The van der Waals surface area contributed by atoms with Crippen molar-refractivity contribution in [1.29, 1.82) is 0 Å². The first kappa shape index (κ1) is 15.5. The van der Waals surface area contributed by atoms with Gasteiger partial charge in [-0.3, -0.25) is 9.59 Å². The fraction of sp³-hybridized carbons (Fsp3) is 0.429. The van der Waals surface area contributed by atoms with Crippen molar-refractivity contribution in [2.45, 2.75) is 19.5 Å². The van der Waals surface area contributed by atoms with E-state index in [1.54, 1.807) is 6.92 Å². The highest BCUT2D eigenvalue weighted by atomic mass is 19.4. The molecule has 1 aliphatic rings. The number of hydrogen-bond donors (Lipinski definition) is 0. The fourth-order valence-corrected chi connectivity index (χ4v) is 2.24. The second kappa shape index (κ2) is 5.46. The number of ketones is 1. The molecule has 1 aromatic carbocycles. The first-order valence-electron chi connectivity index (χ1n) is 6.39. The molecule has 1 saturated heterocycles. The van der Waals surface area contributed by atoms with Gasteiger partial charge in [-0.15, -0.1) is 0 Å². The summed E-state index contributed by atoms with van der Waals surface area (Å²) in [6, 6.07) is 1.74. The van der Waals surface area contributed by atoms with Gasteiger partial charge >= 0.3 is 6.18 Å². The van der Waals surface area contributed by atoms with Crippen molar-refractivity contribution < 1.29 is 27.2 Å². The molecule has 0 bridgehead atoms. The van der Waals surface area contributed by atoms with E-state index in [0.717, 1.165) is 0 Å². The molecule has 1 heterocycles. The average Bonchev–Trinajstić information content (AvgIpc) is 2.40. The molecule has 1 atom stereocenters. The van der Waals surface area contributed by atoms with Gasteiger partial charge in [0.25, 0.3) is 5.91 Å². The molecule has 1 amide bonds. The van der Waals surface area contributed by atoms with Gasteiger partial charge in [-0.25, -0.2) is 4.39 Å². The van der Waals surface area contributed by atoms with Crippen LogP contribution in [0.3, 0.4) is 0 Å². The number of hydrogen-bond acceptors (Lipinski definition) is 2. The Kier molecular flexibility index (Phi) is 4.02. The van der Waals surface area contributed by atoms with Crippen LogP contribution in [-0.4, -0.2) is 29.7 Å². The first-order valence-corrected chi connectivity index (χ1v) is 6.39. The second-order valence-corrected chi connectivity index (χ2v) is 5.06. The summed E-state index contributed by atoms with van der Waals surface area (Å²) < 4.78 is 51.5. The predicted octanol–water partition coefficient (Wildman–Crippen LogP) is 2.90. The monoisotopic (exact) mass is 303 g/mol. The van der Waals surface area contributed by atoms with E-state index in [-0.39, 0.29) is 25.3 Å². The van der Waals surface area contributed by atoms with Crippen LogP contribution in [0.2, 0.25) is 0 Å². The van der Waals surface area contributed by atoms with Crippen LogP contribution < -0.4 is 0 Å². The molecule has 1 aromatic rings. The van der Waals surface area contributed by atoms with E-state index in [4.69, 9.17) is 0 Å². The SMILES string of the molecule is CC1CN(C(=O)c2cc(C(F)(F)F)ccc2F)CCC1=O. The Balaban J connectivity index is 2.29. The highest BCUT2D eigenvalue weighted by Crippen LogP contribution is 2.31. The van der Waals surface area contributed by atoms with Crippen molar-refractivity contribution in [1.82, 2.24) is 4.90 Å². The van der Waals surface area contributed by atoms with Crippen molar-refractivity contribution in [3.63, 3.8) is 0 Å².